The molecule has 1 atom stereocenters. The van der Waals surface area contributed by atoms with Crippen LogP contribution in [0, 0.1) is 11.8 Å². The van der Waals surface area contributed by atoms with Crippen LogP contribution >= 0.6 is 19.2 Å². The zero-order chi connectivity index (χ0) is 30.0. The van der Waals surface area contributed by atoms with Crippen LogP contribution in [-0.4, -0.2) is 109 Å². The van der Waals surface area contributed by atoms with E-state index in [1.165, 1.54) is 29.4 Å². The van der Waals surface area contributed by atoms with Gasteiger partial charge in [-0.05, 0) is 51.7 Å². The number of thiazole rings is 1. The molecular weight excluding hydrogens is 634 g/mol. The fourth-order valence-corrected chi connectivity index (χ4v) is 6.00. The van der Waals surface area contributed by atoms with Gasteiger partial charge in [0.15, 0.2) is 12.0 Å². The van der Waals surface area contributed by atoms with Crippen LogP contribution in [0.2, 0.25) is 0 Å². The molecule has 226 valence electrons. The summed E-state index contributed by atoms with van der Waals surface area (Å²) in [6.45, 7) is 3.99. The van der Waals surface area contributed by atoms with Crippen LogP contribution in [0.4, 0.5) is 14.5 Å². The number of phosphoric ester groups is 1. The fraction of sp³-hybridized carbons (Fsp3) is 0.400. The third-order valence-corrected chi connectivity index (χ3v) is 8.16. The number of hydrogen-bond donors (Lipinski definition) is 3. The quantitative estimate of drug-likeness (QED) is 0.127. The fourth-order valence-electron chi connectivity index (χ4n) is 4.73. The van der Waals surface area contributed by atoms with Gasteiger partial charge in [0.25, 0.3) is 5.91 Å². The van der Waals surface area contributed by atoms with E-state index in [1.807, 2.05) is 6.92 Å². The Kier molecular flexibility index (Phi) is 11.5. The zero-order valence-corrected chi connectivity index (χ0v) is 24.3. The number of halogens is 2. The Morgan fingerprint density at radius 3 is 2.63 bits per heavy atom. The molecule has 0 spiro atoms. The number of ether oxygens (including phenoxy) is 1. The summed E-state index contributed by atoms with van der Waals surface area (Å²) in [5, 5.41) is 13.2. The minimum atomic E-state index is -4.73. The van der Waals surface area contributed by atoms with Crippen LogP contribution < -0.4 is 5.32 Å². The molecule has 0 bridgehead atoms. The molecule has 43 heavy (non-hydrogen) atoms. The molecule has 0 saturated heterocycles. The van der Waals surface area contributed by atoms with Crippen LogP contribution in [-0.2, 0) is 13.8 Å². The van der Waals surface area contributed by atoms with Gasteiger partial charge in [0.2, 0.25) is 5.95 Å². The predicted molar refractivity (Wildman–Crippen MR) is 155 cm³/mol. The number of nitrogens with zero attached hydrogens (tertiary/aromatic N) is 6. The van der Waals surface area contributed by atoms with Crippen LogP contribution in [0.3, 0.4) is 0 Å². The Labute approximate surface area is 291 Å². The molecule has 4 aromatic heterocycles. The molecule has 1 unspecified atom stereocenters. The summed E-state index contributed by atoms with van der Waals surface area (Å²) in [4.78, 5) is 39.3. The number of amides is 1. The van der Waals surface area contributed by atoms with E-state index in [0.717, 1.165) is 49.2 Å². The molecule has 3 N–H and O–H groups in total. The number of carbonyl (C=O) groups is 1. The first-order valence-corrected chi connectivity index (χ1v) is 15.5. The van der Waals surface area contributed by atoms with Crippen molar-refractivity contribution in [1.82, 2.24) is 29.5 Å². The number of phosphoric acid groups is 1. The van der Waals surface area contributed by atoms with E-state index in [2.05, 4.69) is 30.0 Å². The Morgan fingerprint density at radius 1 is 1.19 bits per heavy atom. The molecule has 1 amide bonds. The molecule has 1 aliphatic carbocycles. The third kappa shape index (κ3) is 8.49. The topological polar surface area (TPSA) is 167 Å². The zero-order valence-electron chi connectivity index (χ0n) is 22.6. The second-order valence-corrected chi connectivity index (χ2v) is 11.7. The summed E-state index contributed by atoms with van der Waals surface area (Å²) in [5.74, 6) is -2.29. The summed E-state index contributed by atoms with van der Waals surface area (Å²) in [5.41, 5.74) is 0.344. The summed E-state index contributed by atoms with van der Waals surface area (Å²) >= 11 is 1.14. The van der Waals surface area contributed by atoms with Gasteiger partial charge in [0.1, 0.15) is 22.1 Å². The van der Waals surface area contributed by atoms with Crippen LogP contribution in [0.25, 0.3) is 22.0 Å². The first-order chi connectivity index (χ1) is 20.0. The van der Waals surface area contributed by atoms with Gasteiger partial charge in [0, 0.05) is 29.9 Å². The van der Waals surface area contributed by atoms with Crippen molar-refractivity contribution >= 4 is 82.1 Å². The van der Waals surface area contributed by atoms with Crippen LogP contribution in [0.15, 0.2) is 36.1 Å². The van der Waals surface area contributed by atoms with Gasteiger partial charge >= 0.3 is 59.2 Å². The Balaban J connectivity index is 0.00000423. The SMILES string of the molecule is CCO[C@H]1CC[C@H](n2cc(NC(=O)c3csc(-c4cnn(C(C)OP(=O)(O)O)c4)n3)c(-c3nc(F)ccc3F)n2)CC1.[KH]. The number of nitrogens with one attached hydrogen (secondary N) is 1. The van der Waals surface area contributed by atoms with E-state index in [1.54, 1.807) is 10.9 Å². The maximum atomic E-state index is 14.7. The second-order valence-electron chi connectivity index (χ2n) is 9.62. The van der Waals surface area contributed by atoms with Crippen molar-refractivity contribution in [3.63, 3.8) is 0 Å². The van der Waals surface area contributed by atoms with Crippen molar-refractivity contribution in [2.75, 3.05) is 11.9 Å². The average Bonchev–Trinajstić information content (AvgIpc) is 3.70. The first-order valence-electron chi connectivity index (χ1n) is 13.1. The van der Waals surface area contributed by atoms with Gasteiger partial charge in [-0.25, -0.2) is 23.6 Å². The number of anilines is 1. The molecule has 1 fully saturated rings. The van der Waals surface area contributed by atoms with Gasteiger partial charge in [0.05, 0.1) is 24.0 Å². The average molecular weight is 664 g/mol. The molecular formula is C25H29F2KN7O6PS. The second kappa shape index (κ2) is 14.6. The Bertz CT molecular complexity index is 1620. The maximum absolute atomic E-state index is 14.7. The van der Waals surface area contributed by atoms with Gasteiger partial charge in [-0.15, -0.1) is 11.3 Å². The molecule has 1 aliphatic rings. The molecule has 1 saturated carbocycles. The van der Waals surface area contributed by atoms with Crippen LogP contribution in [0.5, 0.6) is 0 Å². The molecule has 5 rings (SSSR count). The van der Waals surface area contributed by atoms with Gasteiger partial charge in [-0.1, -0.05) is 0 Å². The standard InChI is InChI=1S/C25H28F2N7O6PS.K.H/c1-3-39-17-6-4-16(5-7-17)34-12-19(23(32-34)22-18(26)8-9-21(27)31-22)29-24(35)20-13-42-25(30-20)15-10-28-33(11-15)14(2)40-41(36,37)38;;/h8-14,16-17H,3-7H2,1-2H3,(H,29,35)(H2,36,37,38);;/t14?,16-,17-;;. The summed E-state index contributed by atoms with van der Waals surface area (Å²) < 4.78 is 53.1. The summed E-state index contributed by atoms with van der Waals surface area (Å²) in [6.07, 6.45) is 6.76. The van der Waals surface area contributed by atoms with Crippen molar-refractivity contribution in [1.29, 1.82) is 0 Å². The number of rotatable bonds is 10. The molecule has 0 aromatic carbocycles. The summed E-state index contributed by atoms with van der Waals surface area (Å²) in [7, 11) is -4.73. The third-order valence-electron chi connectivity index (χ3n) is 6.68. The Hall–Kier alpha value is -1.76. The monoisotopic (exact) mass is 663 g/mol. The number of carbonyl (C=O) groups excluding carboxylic acids is 1. The van der Waals surface area contributed by atoms with Gasteiger partial charge in [-0.3, -0.25) is 14.0 Å². The predicted octanol–water partition coefficient (Wildman–Crippen LogP) is 4.30. The van der Waals surface area contributed by atoms with E-state index >= 15 is 0 Å². The van der Waals surface area contributed by atoms with Crippen molar-refractivity contribution in [2.24, 2.45) is 0 Å². The normalized spacial score (nSPS) is 17.8. The minimum absolute atomic E-state index is 0. The van der Waals surface area contributed by atoms with E-state index in [4.69, 9.17) is 14.5 Å². The molecule has 4 aromatic rings. The van der Waals surface area contributed by atoms with Crippen molar-refractivity contribution in [3.8, 4) is 22.0 Å². The number of hydrogen-bond acceptors (Lipinski definition) is 9. The van der Waals surface area contributed by atoms with Crippen molar-refractivity contribution in [3.05, 3.63) is 53.6 Å². The Morgan fingerprint density at radius 2 is 1.93 bits per heavy atom. The van der Waals surface area contributed by atoms with Gasteiger partial charge in [-0.2, -0.15) is 14.6 Å². The van der Waals surface area contributed by atoms with Gasteiger partial charge < -0.3 is 19.8 Å². The van der Waals surface area contributed by atoms with Crippen molar-refractivity contribution < 1.29 is 37.2 Å². The summed E-state index contributed by atoms with van der Waals surface area (Å²) in [6, 6.07) is 1.83. The van der Waals surface area contributed by atoms with E-state index in [0.29, 0.717) is 17.2 Å². The van der Waals surface area contributed by atoms with Crippen LogP contribution in [0.1, 0.15) is 62.3 Å². The number of aromatic nitrogens is 6. The molecule has 4 heterocycles. The first kappa shape index (κ1) is 34.1. The number of pyridine rings is 1. The van der Waals surface area contributed by atoms with E-state index in [-0.39, 0.29) is 86.3 Å². The molecule has 0 radical (unpaired) electrons. The molecule has 18 heteroatoms. The molecule has 13 nitrogen and oxygen atoms in total. The van der Waals surface area contributed by atoms with E-state index < -0.39 is 31.7 Å². The van der Waals surface area contributed by atoms with E-state index in [9.17, 15) is 18.1 Å². The molecule has 0 aliphatic heterocycles. The van der Waals surface area contributed by atoms with Crippen molar-refractivity contribution in [2.45, 2.75) is 57.9 Å².